The van der Waals surface area contributed by atoms with E-state index in [0.29, 0.717) is 6.04 Å². The van der Waals surface area contributed by atoms with Gasteiger partial charge in [0, 0.05) is 18.8 Å². The smallest absolute Gasteiger partial charge is 0.168 e. The van der Waals surface area contributed by atoms with Gasteiger partial charge in [0.25, 0.3) is 0 Å². The zero-order valence-corrected chi connectivity index (χ0v) is 10.0. The van der Waals surface area contributed by atoms with Crippen molar-refractivity contribution in [1.29, 1.82) is 0 Å². The first-order valence-corrected chi connectivity index (χ1v) is 6.53. The van der Waals surface area contributed by atoms with Gasteiger partial charge in [-0.2, -0.15) is 5.10 Å². The zero-order chi connectivity index (χ0) is 11.7. The highest BCUT2D eigenvalue weighted by Crippen LogP contribution is 2.28. The fourth-order valence-electron chi connectivity index (χ4n) is 2.93. The maximum atomic E-state index is 11.3. The van der Waals surface area contributed by atoms with Gasteiger partial charge in [-0.3, -0.25) is 9.48 Å². The van der Waals surface area contributed by atoms with Crippen molar-refractivity contribution >= 4 is 6.29 Å². The Morgan fingerprint density at radius 2 is 2.00 bits per heavy atom. The summed E-state index contributed by atoms with van der Waals surface area (Å²) in [6.07, 6.45) is 7.39. The molecular formula is C13H18N2O2. The number of hydrogen-bond donors (Lipinski definition) is 0. The molecule has 4 heteroatoms. The molecule has 17 heavy (non-hydrogen) atoms. The number of carbonyl (C=O) groups excluding carboxylic acids is 1. The quantitative estimate of drug-likeness (QED) is 0.734. The minimum absolute atomic E-state index is 0.356. The van der Waals surface area contributed by atoms with Crippen molar-refractivity contribution < 1.29 is 9.53 Å². The van der Waals surface area contributed by atoms with Gasteiger partial charge in [0.15, 0.2) is 6.29 Å². The number of nitrogens with zero attached hydrogens (tertiary/aromatic N) is 2. The van der Waals surface area contributed by atoms with Gasteiger partial charge in [-0.15, -0.1) is 0 Å². The topological polar surface area (TPSA) is 44.1 Å². The average molecular weight is 234 g/mol. The second-order valence-corrected chi connectivity index (χ2v) is 4.92. The number of fused-ring (bicyclic) bond motifs is 1. The van der Waals surface area contributed by atoms with Crippen molar-refractivity contribution in [2.75, 3.05) is 13.2 Å². The Labute approximate surface area is 101 Å². The highest BCUT2D eigenvalue weighted by Gasteiger charge is 2.25. The lowest BCUT2D eigenvalue weighted by Gasteiger charge is -2.23. The summed E-state index contributed by atoms with van der Waals surface area (Å²) in [5.41, 5.74) is 3.19. The van der Waals surface area contributed by atoms with E-state index in [9.17, 15) is 4.79 Å². The van der Waals surface area contributed by atoms with Crippen LogP contribution in [0.5, 0.6) is 0 Å². The Morgan fingerprint density at radius 3 is 2.76 bits per heavy atom. The van der Waals surface area contributed by atoms with E-state index in [4.69, 9.17) is 4.74 Å². The normalized spacial score (nSPS) is 21.2. The van der Waals surface area contributed by atoms with Crippen LogP contribution in [0.4, 0.5) is 0 Å². The molecule has 0 spiro atoms. The number of aldehydes is 1. The monoisotopic (exact) mass is 234 g/mol. The van der Waals surface area contributed by atoms with Gasteiger partial charge in [0.05, 0.1) is 11.7 Å². The van der Waals surface area contributed by atoms with Crippen molar-refractivity contribution in [3.63, 3.8) is 0 Å². The number of carbonyl (C=O) groups is 1. The van der Waals surface area contributed by atoms with E-state index >= 15 is 0 Å². The van der Waals surface area contributed by atoms with Crippen LogP contribution in [0.2, 0.25) is 0 Å². The van der Waals surface area contributed by atoms with E-state index in [1.807, 2.05) is 4.68 Å². The Hall–Kier alpha value is -1.16. The molecule has 0 amide bonds. The number of aryl methyl sites for hydroxylation is 1. The van der Waals surface area contributed by atoms with Gasteiger partial charge in [-0.25, -0.2) is 0 Å². The lowest BCUT2D eigenvalue weighted by molar-refractivity contribution is 0.0650. The summed E-state index contributed by atoms with van der Waals surface area (Å²) in [6, 6.07) is 0.356. The molecule has 1 aliphatic heterocycles. The van der Waals surface area contributed by atoms with Crippen molar-refractivity contribution in [3.05, 3.63) is 17.0 Å². The fraction of sp³-hybridized carbons (Fsp3) is 0.692. The molecule has 92 valence electrons. The highest BCUT2D eigenvalue weighted by atomic mass is 16.5. The molecule has 0 atom stereocenters. The standard InChI is InChI=1S/C13H18N2O2/c16-9-13-11-3-1-2-4-12(11)14-15(13)10-5-7-17-8-6-10/h9-10H,1-8H2. The third-order valence-corrected chi connectivity index (χ3v) is 3.87. The van der Waals surface area contributed by atoms with Crippen molar-refractivity contribution in [1.82, 2.24) is 9.78 Å². The predicted molar refractivity (Wildman–Crippen MR) is 63.3 cm³/mol. The van der Waals surface area contributed by atoms with Gasteiger partial charge in [-0.05, 0) is 38.5 Å². The molecule has 2 heterocycles. The zero-order valence-electron chi connectivity index (χ0n) is 10.0. The second kappa shape index (κ2) is 4.61. The van der Waals surface area contributed by atoms with Crippen LogP contribution in [-0.4, -0.2) is 29.3 Å². The first kappa shape index (κ1) is 11.0. The molecule has 0 radical (unpaired) electrons. The van der Waals surface area contributed by atoms with Crippen LogP contribution < -0.4 is 0 Å². The summed E-state index contributed by atoms with van der Waals surface area (Å²) < 4.78 is 7.34. The van der Waals surface area contributed by atoms with Crippen LogP contribution in [0, 0.1) is 0 Å². The van der Waals surface area contributed by atoms with Crippen LogP contribution >= 0.6 is 0 Å². The van der Waals surface area contributed by atoms with Gasteiger partial charge < -0.3 is 4.74 Å². The average Bonchev–Trinajstić information content (AvgIpc) is 2.78. The lowest BCUT2D eigenvalue weighted by atomic mass is 9.96. The van der Waals surface area contributed by atoms with Crippen LogP contribution in [0.25, 0.3) is 0 Å². The minimum atomic E-state index is 0.356. The summed E-state index contributed by atoms with van der Waals surface area (Å²) in [4.78, 5) is 11.3. The summed E-state index contributed by atoms with van der Waals surface area (Å²) in [5, 5.41) is 4.68. The van der Waals surface area contributed by atoms with Crippen LogP contribution in [-0.2, 0) is 17.6 Å². The van der Waals surface area contributed by atoms with E-state index in [1.165, 1.54) is 18.4 Å². The predicted octanol–water partition coefficient (Wildman–Crippen LogP) is 1.93. The SMILES string of the molecule is O=Cc1c2c(nn1C1CCOCC1)CCCC2. The number of hydrogen-bond acceptors (Lipinski definition) is 3. The van der Waals surface area contributed by atoms with Crippen LogP contribution in [0.15, 0.2) is 0 Å². The molecule has 3 rings (SSSR count). The van der Waals surface area contributed by atoms with Crippen LogP contribution in [0.3, 0.4) is 0 Å². The molecule has 1 aromatic heterocycles. The molecule has 0 N–H and O–H groups in total. The number of rotatable bonds is 2. The first-order valence-electron chi connectivity index (χ1n) is 6.53. The maximum absolute atomic E-state index is 11.3. The minimum Gasteiger partial charge on any atom is -0.381 e. The molecule has 1 saturated heterocycles. The van der Waals surface area contributed by atoms with Gasteiger partial charge in [0.2, 0.25) is 0 Å². The Kier molecular flexibility index (Phi) is 2.97. The third-order valence-electron chi connectivity index (χ3n) is 3.87. The molecule has 1 aromatic rings. The van der Waals surface area contributed by atoms with E-state index in [0.717, 1.165) is 56.6 Å². The maximum Gasteiger partial charge on any atom is 0.168 e. The molecule has 1 fully saturated rings. The van der Waals surface area contributed by atoms with E-state index in [2.05, 4.69) is 5.10 Å². The van der Waals surface area contributed by atoms with Crippen molar-refractivity contribution in [2.45, 2.75) is 44.6 Å². The molecule has 1 aliphatic carbocycles. The number of aromatic nitrogens is 2. The Balaban J connectivity index is 1.97. The summed E-state index contributed by atoms with van der Waals surface area (Å²) >= 11 is 0. The summed E-state index contributed by atoms with van der Waals surface area (Å²) in [7, 11) is 0. The molecule has 0 saturated carbocycles. The van der Waals surface area contributed by atoms with Gasteiger partial charge in [-0.1, -0.05) is 0 Å². The van der Waals surface area contributed by atoms with Gasteiger partial charge >= 0.3 is 0 Å². The Morgan fingerprint density at radius 1 is 1.24 bits per heavy atom. The van der Waals surface area contributed by atoms with Crippen LogP contribution in [0.1, 0.15) is 53.5 Å². The molecule has 0 aromatic carbocycles. The summed E-state index contributed by atoms with van der Waals surface area (Å²) in [5.74, 6) is 0. The van der Waals surface area contributed by atoms with E-state index in [1.54, 1.807) is 0 Å². The Bertz CT molecular complexity index is 419. The molecular weight excluding hydrogens is 216 g/mol. The van der Waals surface area contributed by atoms with Crippen molar-refractivity contribution in [3.8, 4) is 0 Å². The largest absolute Gasteiger partial charge is 0.381 e. The molecule has 2 aliphatic rings. The second-order valence-electron chi connectivity index (χ2n) is 4.92. The van der Waals surface area contributed by atoms with Crippen molar-refractivity contribution in [2.24, 2.45) is 0 Å². The van der Waals surface area contributed by atoms with Gasteiger partial charge in [0.1, 0.15) is 5.69 Å². The lowest BCUT2D eigenvalue weighted by Crippen LogP contribution is -2.22. The molecule has 0 bridgehead atoms. The third kappa shape index (κ3) is 1.90. The number of ether oxygens (including phenoxy) is 1. The fourth-order valence-corrected chi connectivity index (χ4v) is 2.93. The van der Waals surface area contributed by atoms with E-state index in [-0.39, 0.29) is 0 Å². The summed E-state index contributed by atoms with van der Waals surface area (Å²) in [6.45, 7) is 1.57. The molecule has 4 nitrogen and oxygen atoms in total. The highest BCUT2D eigenvalue weighted by molar-refractivity contribution is 5.75. The first-order chi connectivity index (χ1) is 8.40. The van der Waals surface area contributed by atoms with E-state index < -0.39 is 0 Å². The molecule has 0 unspecified atom stereocenters.